The van der Waals surface area contributed by atoms with Gasteiger partial charge in [0.05, 0.1) is 37.4 Å². The van der Waals surface area contributed by atoms with Crippen LogP contribution in [-0.4, -0.2) is 167 Å². The largest absolute Gasteiger partial charge is 0.508 e. The van der Waals surface area contributed by atoms with E-state index in [-0.39, 0.29) is 101 Å². The number of ketones is 5. The van der Waals surface area contributed by atoms with E-state index in [1.807, 2.05) is 39.8 Å². The van der Waals surface area contributed by atoms with Crippen LogP contribution >= 0.6 is 0 Å². The second kappa shape index (κ2) is 33.9. The van der Waals surface area contributed by atoms with Gasteiger partial charge in [-0.1, -0.05) is 63.0 Å². The molecule has 3 fully saturated rings. The van der Waals surface area contributed by atoms with E-state index in [0.29, 0.717) is 57.8 Å². The Morgan fingerprint density at radius 1 is 0.815 bits per heavy atom. The van der Waals surface area contributed by atoms with Gasteiger partial charge in [-0.05, 0) is 95.3 Å². The zero-order valence-corrected chi connectivity index (χ0v) is 49.0. The average Bonchev–Trinajstić information content (AvgIpc) is 3.44. The molecule has 2 N–H and O–H groups in total. The third kappa shape index (κ3) is 20.7. The molecular weight excluding hydrogens is 1060 g/mol. The van der Waals surface area contributed by atoms with Gasteiger partial charge in [0.1, 0.15) is 50.2 Å². The van der Waals surface area contributed by atoms with Gasteiger partial charge < -0.3 is 57.6 Å². The normalized spacial score (nSPS) is 33.3. The number of aliphatic hydroxyl groups excluding tert-OH is 1. The number of esters is 2. The Hall–Kier alpha value is -5.03. The van der Waals surface area contributed by atoms with Gasteiger partial charge >= 0.3 is 18.1 Å². The van der Waals surface area contributed by atoms with E-state index in [4.69, 9.17) is 42.6 Å². The molecule has 2 aliphatic heterocycles. The van der Waals surface area contributed by atoms with Gasteiger partial charge in [0.2, 0.25) is 11.6 Å². The highest BCUT2D eigenvalue weighted by Crippen LogP contribution is 2.42. The molecular formula is C60H90O21. The monoisotopic (exact) mass is 1150 g/mol. The standard InChI is InChI=1S/C60H90O21/c1-11-14-42-24-35(2)23-36(3)25-53(73-9)57-54(74-10)27-38(5)60(71,81-57)58(69)56(68)46-16-13-12-15-45(46)50(66)29-47(39(6)48(64)30-49(42)65)37(4)26-41-17-19-51(52(28-41)72-8)80-59(70)77-22-21-75-31-43(63)18-20-55(67)79-44(32-76-34-61)33-78-40(7)62/h11,24,26,34,36,38-39,41-42,44-48,51-54,57,64,71H,1,12-23,25,27-33H2,2-10H3/b35-24+,37-26+/t36-,38+,39-,41?,42+,44?,45+,46?,47+,48-,51+,52+,53-,54-,57+,60+/m0/s1. The summed E-state index contributed by atoms with van der Waals surface area (Å²) in [7, 11) is 4.54. The summed E-state index contributed by atoms with van der Waals surface area (Å²) in [4.78, 5) is 117. The Morgan fingerprint density at radius 2 is 1.49 bits per heavy atom. The van der Waals surface area contributed by atoms with E-state index in [1.165, 1.54) is 21.3 Å². The van der Waals surface area contributed by atoms with Crippen molar-refractivity contribution in [2.24, 2.45) is 47.3 Å². The molecule has 0 aromatic rings. The number of methoxy groups -OCH3 is 3. The third-order valence-corrected chi connectivity index (χ3v) is 16.5. The van der Waals surface area contributed by atoms with Crippen molar-refractivity contribution < 1.29 is 101 Å². The van der Waals surface area contributed by atoms with Crippen molar-refractivity contribution in [1.82, 2.24) is 0 Å². The Bertz CT molecular complexity index is 2200. The molecule has 2 bridgehead atoms. The van der Waals surface area contributed by atoms with Gasteiger partial charge in [-0.2, -0.15) is 0 Å². The van der Waals surface area contributed by atoms with Gasteiger partial charge in [-0.25, -0.2) is 4.79 Å². The molecule has 16 atom stereocenters. The van der Waals surface area contributed by atoms with E-state index >= 15 is 0 Å². The Morgan fingerprint density at radius 3 is 2.15 bits per heavy atom. The van der Waals surface area contributed by atoms with E-state index in [1.54, 1.807) is 13.0 Å². The average molecular weight is 1150 g/mol. The van der Waals surface area contributed by atoms with Gasteiger partial charge in [0, 0.05) is 71.2 Å². The molecule has 2 saturated carbocycles. The van der Waals surface area contributed by atoms with Crippen LogP contribution in [0.3, 0.4) is 0 Å². The molecule has 0 radical (unpaired) electrons. The lowest BCUT2D eigenvalue weighted by Crippen LogP contribution is -2.62. The van der Waals surface area contributed by atoms with Crippen molar-refractivity contribution >= 4 is 53.5 Å². The number of hydrogen-bond acceptors (Lipinski definition) is 21. The van der Waals surface area contributed by atoms with Crippen molar-refractivity contribution in [2.75, 3.05) is 54.4 Å². The van der Waals surface area contributed by atoms with Gasteiger partial charge in [-0.15, -0.1) is 6.58 Å². The summed E-state index contributed by atoms with van der Waals surface area (Å²) >= 11 is 0. The maximum absolute atomic E-state index is 14.9. The molecule has 4 aliphatic rings. The molecule has 2 heterocycles. The van der Waals surface area contributed by atoms with Crippen molar-refractivity contribution in [1.29, 1.82) is 0 Å². The molecule has 21 heteroatoms. The number of allylic oxidation sites excluding steroid dienone is 5. The molecule has 81 heavy (non-hydrogen) atoms. The Kier molecular flexibility index (Phi) is 28.7. The van der Waals surface area contributed by atoms with Gasteiger partial charge in [-0.3, -0.25) is 38.4 Å². The summed E-state index contributed by atoms with van der Waals surface area (Å²) in [6, 6.07) is 0. The minimum Gasteiger partial charge on any atom is -0.464 e. The van der Waals surface area contributed by atoms with Crippen molar-refractivity contribution in [2.45, 2.75) is 186 Å². The third-order valence-electron chi connectivity index (χ3n) is 16.5. The van der Waals surface area contributed by atoms with Crippen LogP contribution in [0.15, 0.2) is 36.0 Å². The number of Topliss-reactive ketones (excluding diaryl/α,β-unsaturated/α-hetero) is 5. The zero-order chi connectivity index (χ0) is 60.0. The number of carbonyl (C=O) groups is 9. The van der Waals surface area contributed by atoms with E-state index in [2.05, 4.69) is 11.3 Å². The molecule has 0 spiro atoms. The predicted molar refractivity (Wildman–Crippen MR) is 291 cm³/mol. The maximum Gasteiger partial charge on any atom is 0.508 e. The van der Waals surface area contributed by atoms with Crippen LogP contribution in [0, 0.1) is 47.3 Å². The second-order valence-electron chi connectivity index (χ2n) is 22.7. The number of ether oxygens (including phenoxy) is 10. The minimum atomic E-state index is -2.50. The van der Waals surface area contributed by atoms with Crippen molar-refractivity contribution in [3.63, 3.8) is 0 Å². The molecule has 0 aromatic heterocycles. The highest BCUT2D eigenvalue weighted by Gasteiger charge is 2.56. The lowest BCUT2D eigenvalue weighted by molar-refractivity contribution is -0.302. The fourth-order valence-corrected chi connectivity index (χ4v) is 12.0. The zero-order valence-electron chi connectivity index (χ0n) is 49.0. The van der Waals surface area contributed by atoms with Crippen LogP contribution in [0.5, 0.6) is 0 Å². The molecule has 21 nitrogen and oxygen atoms in total. The number of carbonyl (C=O) groups excluding carboxylic acids is 9. The summed E-state index contributed by atoms with van der Waals surface area (Å²) in [5.41, 5.74) is 1.71. The SMILES string of the molecule is C=CC[C@@H]1/C=C(\C)C[C@H](C)C[C@H](OC)[C@H]2O[C@@](O)(C(=O)C(=O)C3CCCC[C@H]3C(=O)C[C@H](/C(C)=C/C3CC[C@@H](OC(=O)OCCOCC(=O)CCC(=O)OC(COC=O)COC(C)=O)[C@H](OC)C3)[C@H](C)[C@@H](O)CC1=O)[C@H](C)C[C@@H]2OC. The van der Waals surface area contributed by atoms with Crippen LogP contribution < -0.4 is 0 Å². The Labute approximate surface area is 476 Å². The first-order chi connectivity index (χ1) is 38.5. The topological polar surface area (TPSA) is 286 Å². The Balaban J connectivity index is 1.48. The molecule has 0 aromatic carbocycles. The summed E-state index contributed by atoms with van der Waals surface area (Å²) < 4.78 is 54.7. The van der Waals surface area contributed by atoms with E-state index < -0.39 is 119 Å². The quantitative estimate of drug-likeness (QED) is 0.0293. The van der Waals surface area contributed by atoms with Crippen LogP contribution in [0.25, 0.3) is 0 Å². The minimum absolute atomic E-state index is 0.0225. The number of rotatable bonds is 22. The lowest BCUT2D eigenvalue weighted by Gasteiger charge is -2.46. The fourth-order valence-electron chi connectivity index (χ4n) is 12.0. The van der Waals surface area contributed by atoms with E-state index in [9.17, 15) is 53.4 Å². The highest BCUT2D eigenvalue weighted by molar-refractivity contribution is 6.41. The molecule has 4 rings (SSSR count). The number of hydrogen-bond donors (Lipinski definition) is 2. The maximum atomic E-state index is 14.9. The summed E-state index contributed by atoms with van der Waals surface area (Å²) in [5.74, 6) is -11.4. The first kappa shape index (κ1) is 68.5. The van der Waals surface area contributed by atoms with Crippen molar-refractivity contribution in [3.8, 4) is 0 Å². The van der Waals surface area contributed by atoms with Crippen molar-refractivity contribution in [3.05, 3.63) is 36.0 Å². The fraction of sp³-hybridized carbons (Fsp3) is 0.750. The highest BCUT2D eigenvalue weighted by atomic mass is 16.7. The van der Waals surface area contributed by atoms with Crippen LogP contribution in [0.2, 0.25) is 0 Å². The first-order valence-electron chi connectivity index (χ1n) is 28.6. The molecule has 3 unspecified atom stereocenters. The molecule has 0 amide bonds. The summed E-state index contributed by atoms with van der Waals surface area (Å²) in [6.45, 7) is 13.1. The number of aliphatic hydroxyl groups is 2. The van der Waals surface area contributed by atoms with Gasteiger partial charge in [0.25, 0.3) is 12.3 Å². The first-order valence-corrected chi connectivity index (χ1v) is 28.6. The second-order valence-corrected chi connectivity index (χ2v) is 22.7. The summed E-state index contributed by atoms with van der Waals surface area (Å²) in [5, 5.41) is 24.2. The number of fused-ring (bicyclic) bond motifs is 3. The predicted octanol–water partition coefficient (Wildman–Crippen LogP) is 6.47. The van der Waals surface area contributed by atoms with E-state index in [0.717, 1.165) is 18.1 Å². The molecule has 1 saturated heterocycles. The smallest absolute Gasteiger partial charge is 0.464 e. The summed E-state index contributed by atoms with van der Waals surface area (Å²) in [6.07, 6.45) is 2.97. The van der Waals surface area contributed by atoms with Gasteiger partial charge in [0.15, 0.2) is 11.9 Å². The van der Waals surface area contributed by atoms with Crippen LogP contribution in [0.4, 0.5) is 4.79 Å². The molecule has 456 valence electrons. The van der Waals surface area contributed by atoms with Crippen LogP contribution in [-0.2, 0) is 85.7 Å². The van der Waals surface area contributed by atoms with Crippen LogP contribution in [0.1, 0.15) is 138 Å². The molecule has 2 aliphatic carbocycles. The lowest BCUT2D eigenvalue weighted by atomic mass is 9.69.